The lowest BCUT2D eigenvalue weighted by Gasteiger charge is -2.33. The third-order valence-electron chi connectivity index (χ3n) is 2.09. The van der Waals surface area contributed by atoms with Crippen LogP contribution in [0.15, 0.2) is 0 Å². The first-order valence-electron chi connectivity index (χ1n) is 5.19. The topological polar surface area (TPSA) is 41.6 Å². The van der Waals surface area contributed by atoms with Crippen LogP contribution in [0.25, 0.3) is 0 Å². The molecule has 1 heterocycles. The van der Waals surface area contributed by atoms with Gasteiger partial charge in [0.25, 0.3) is 0 Å². The van der Waals surface area contributed by atoms with Crippen molar-refractivity contribution in [2.75, 3.05) is 26.3 Å². The van der Waals surface area contributed by atoms with Crippen LogP contribution >= 0.6 is 0 Å². The Balaban J connectivity index is 2.45. The van der Waals surface area contributed by atoms with Crippen molar-refractivity contribution in [3.63, 3.8) is 0 Å². The second-order valence-corrected chi connectivity index (χ2v) is 4.73. The van der Waals surface area contributed by atoms with Crippen molar-refractivity contribution in [2.24, 2.45) is 0 Å². The zero-order valence-electron chi connectivity index (χ0n) is 9.55. The minimum absolute atomic E-state index is 0.258. The molecule has 15 heavy (non-hydrogen) atoms. The molecular weight excluding hydrogens is 199 g/mol. The van der Waals surface area contributed by atoms with E-state index in [1.807, 2.05) is 20.8 Å². The molecule has 1 N–H and O–H groups in total. The molecule has 0 saturated carbocycles. The van der Waals surface area contributed by atoms with Crippen LogP contribution in [0.5, 0.6) is 0 Å². The van der Waals surface area contributed by atoms with Crippen molar-refractivity contribution < 1.29 is 13.9 Å². The molecular formula is C10H19FN2O2. The molecule has 1 aliphatic rings. The van der Waals surface area contributed by atoms with E-state index in [0.717, 1.165) is 0 Å². The van der Waals surface area contributed by atoms with Gasteiger partial charge in [0.1, 0.15) is 12.3 Å². The number of piperazine rings is 1. The average molecular weight is 218 g/mol. The van der Waals surface area contributed by atoms with Crippen LogP contribution in [0.2, 0.25) is 0 Å². The maximum absolute atomic E-state index is 12.4. The first-order chi connectivity index (χ1) is 6.92. The Morgan fingerprint density at radius 3 is 2.80 bits per heavy atom. The first kappa shape index (κ1) is 12.2. The lowest BCUT2D eigenvalue weighted by Crippen LogP contribution is -2.54. The van der Waals surface area contributed by atoms with E-state index in [0.29, 0.717) is 19.6 Å². The van der Waals surface area contributed by atoms with Crippen LogP contribution in [-0.2, 0) is 4.74 Å². The lowest BCUT2D eigenvalue weighted by atomic mass is 10.2. The Morgan fingerprint density at radius 1 is 1.60 bits per heavy atom. The molecule has 0 bridgehead atoms. The quantitative estimate of drug-likeness (QED) is 0.718. The Hall–Kier alpha value is -0.840. The van der Waals surface area contributed by atoms with E-state index in [-0.39, 0.29) is 12.1 Å². The number of ether oxygens (including phenoxy) is 1. The van der Waals surface area contributed by atoms with Crippen LogP contribution in [0.4, 0.5) is 9.18 Å². The van der Waals surface area contributed by atoms with E-state index in [1.165, 1.54) is 0 Å². The van der Waals surface area contributed by atoms with Crippen LogP contribution in [0.3, 0.4) is 0 Å². The number of carbonyl (C=O) groups excluding carboxylic acids is 1. The van der Waals surface area contributed by atoms with Gasteiger partial charge in [-0.15, -0.1) is 0 Å². The summed E-state index contributed by atoms with van der Waals surface area (Å²) in [5.41, 5.74) is -0.493. The summed E-state index contributed by atoms with van der Waals surface area (Å²) in [5.74, 6) is 0. The van der Waals surface area contributed by atoms with Crippen molar-refractivity contribution in [3.05, 3.63) is 0 Å². The molecule has 5 heteroatoms. The predicted octanol–water partition coefficient (Wildman–Crippen LogP) is 1.16. The average Bonchev–Trinajstić information content (AvgIpc) is 2.15. The van der Waals surface area contributed by atoms with Gasteiger partial charge >= 0.3 is 6.09 Å². The van der Waals surface area contributed by atoms with Crippen LogP contribution in [-0.4, -0.2) is 48.9 Å². The summed E-state index contributed by atoms with van der Waals surface area (Å²) in [7, 11) is 0. The second kappa shape index (κ2) is 4.79. The molecule has 1 aliphatic heterocycles. The van der Waals surface area contributed by atoms with Gasteiger partial charge in [-0.1, -0.05) is 0 Å². The van der Waals surface area contributed by atoms with E-state index in [4.69, 9.17) is 4.74 Å². The molecule has 0 unspecified atom stereocenters. The number of hydrogen-bond donors (Lipinski definition) is 1. The van der Waals surface area contributed by atoms with E-state index < -0.39 is 12.3 Å². The predicted molar refractivity (Wildman–Crippen MR) is 55.6 cm³/mol. The highest BCUT2D eigenvalue weighted by Crippen LogP contribution is 2.11. The minimum atomic E-state index is -0.493. The first-order valence-corrected chi connectivity index (χ1v) is 5.19. The number of hydrogen-bond acceptors (Lipinski definition) is 3. The SMILES string of the molecule is CC(C)(C)OC(=O)N1CCN[C@@H](CF)C1. The standard InChI is InChI=1S/C10H19FN2O2/c1-10(2,3)15-9(14)13-5-4-12-8(6-11)7-13/h8,12H,4-7H2,1-3H3/t8-/m0/s1. The zero-order valence-corrected chi connectivity index (χ0v) is 9.55. The lowest BCUT2D eigenvalue weighted by molar-refractivity contribution is 0.0187. The number of carbonyl (C=O) groups is 1. The van der Waals surface area contributed by atoms with Gasteiger partial charge < -0.3 is 15.0 Å². The second-order valence-electron chi connectivity index (χ2n) is 4.73. The molecule has 1 saturated heterocycles. The van der Waals surface area contributed by atoms with Crippen LogP contribution in [0.1, 0.15) is 20.8 Å². The van der Waals surface area contributed by atoms with Gasteiger partial charge in [-0.2, -0.15) is 0 Å². The largest absolute Gasteiger partial charge is 0.444 e. The van der Waals surface area contributed by atoms with Gasteiger partial charge in [0, 0.05) is 19.6 Å². The van der Waals surface area contributed by atoms with E-state index in [2.05, 4.69) is 5.32 Å². The van der Waals surface area contributed by atoms with Crippen LogP contribution in [0, 0.1) is 0 Å². The van der Waals surface area contributed by atoms with E-state index in [1.54, 1.807) is 4.90 Å². The molecule has 1 atom stereocenters. The van der Waals surface area contributed by atoms with Gasteiger partial charge in [0.05, 0.1) is 6.04 Å². The van der Waals surface area contributed by atoms with E-state index >= 15 is 0 Å². The normalized spacial score (nSPS) is 22.7. The Bertz CT molecular complexity index is 228. The maximum atomic E-state index is 12.4. The molecule has 4 nitrogen and oxygen atoms in total. The third kappa shape index (κ3) is 4.03. The number of nitrogens with one attached hydrogen (secondary N) is 1. The molecule has 0 radical (unpaired) electrons. The third-order valence-corrected chi connectivity index (χ3v) is 2.09. The summed E-state index contributed by atoms with van der Waals surface area (Å²) in [6.07, 6.45) is -0.359. The molecule has 0 aromatic heterocycles. The van der Waals surface area contributed by atoms with Gasteiger partial charge in [-0.3, -0.25) is 0 Å². The van der Waals surface area contributed by atoms with Crippen LogP contribution < -0.4 is 5.32 Å². The maximum Gasteiger partial charge on any atom is 0.410 e. The smallest absolute Gasteiger partial charge is 0.410 e. The Labute approximate surface area is 89.8 Å². The fourth-order valence-corrected chi connectivity index (χ4v) is 1.42. The number of amides is 1. The summed E-state index contributed by atoms with van der Waals surface area (Å²) >= 11 is 0. The number of nitrogens with zero attached hydrogens (tertiary/aromatic N) is 1. The highest BCUT2D eigenvalue weighted by Gasteiger charge is 2.26. The summed E-state index contributed by atoms with van der Waals surface area (Å²) in [6, 6.07) is -0.258. The zero-order chi connectivity index (χ0) is 11.5. The summed E-state index contributed by atoms with van der Waals surface area (Å²) in [6.45, 7) is 6.57. The summed E-state index contributed by atoms with van der Waals surface area (Å²) in [5, 5.41) is 2.99. The van der Waals surface area contributed by atoms with Gasteiger partial charge in [-0.05, 0) is 20.8 Å². The summed E-state index contributed by atoms with van der Waals surface area (Å²) < 4.78 is 17.6. The van der Waals surface area contributed by atoms with Crippen molar-refractivity contribution >= 4 is 6.09 Å². The Morgan fingerprint density at radius 2 is 2.27 bits per heavy atom. The molecule has 88 valence electrons. The molecule has 1 rings (SSSR count). The van der Waals surface area contributed by atoms with Gasteiger partial charge in [-0.25, -0.2) is 9.18 Å². The van der Waals surface area contributed by atoms with Crippen molar-refractivity contribution in [1.82, 2.24) is 10.2 Å². The molecule has 1 fully saturated rings. The minimum Gasteiger partial charge on any atom is -0.444 e. The molecule has 0 spiro atoms. The van der Waals surface area contributed by atoms with Crippen molar-refractivity contribution in [3.8, 4) is 0 Å². The highest BCUT2D eigenvalue weighted by molar-refractivity contribution is 5.68. The number of halogens is 1. The fourth-order valence-electron chi connectivity index (χ4n) is 1.42. The summed E-state index contributed by atoms with van der Waals surface area (Å²) in [4.78, 5) is 13.2. The van der Waals surface area contributed by atoms with Gasteiger partial charge in [0.2, 0.25) is 0 Å². The molecule has 1 amide bonds. The molecule has 0 aromatic rings. The van der Waals surface area contributed by atoms with E-state index in [9.17, 15) is 9.18 Å². The monoisotopic (exact) mass is 218 g/mol. The molecule has 0 aromatic carbocycles. The Kier molecular flexibility index (Phi) is 3.90. The van der Waals surface area contributed by atoms with Crippen molar-refractivity contribution in [2.45, 2.75) is 32.4 Å². The fraction of sp³-hybridized carbons (Fsp3) is 0.900. The number of alkyl halides is 1. The molecule has 0 aliphatic carbocycles. The highest BCUT2D eigenvalue weighted by atomic mass is 19.1. The van der Waals surface area contributed by atoms with Crippen molar-refractivity contribution in [1.29, 1.82) is 0 Å². The number of rotatable bonds is 1. The van der Waals surface area contributed by atoms with Gasteiger partial charge in [0.15, 0.2) is 0 Å².